The Morgan fingerprint density at radius 2 is 0.952 bits per heavy atom. The SMILES string of the molecule is CCCCCCNC(=O)c1ccc2[nH]c3cc4c(=O)c5cc(C(=O)NCCCCCC)ccc5[nH]c4cc3c(=O)c2c1. The maximum absolute atomic E-state index is 13.6. The molecule has 2 amide bonds. The van der Waals surface area contributed by atoms with Crippen LogP contribution in [0.2, 0.25) is 0 Å². The molecule has 4 N–H and O–H groups in total. The lowest BCUT2D eigenvalue weighted by molar-refractivity contribution is 0.0945. The van der Waals surface area contributed by atoms with Crippen LogP contribution in [0, 0.1) is 0 Å². The summed E-state index contributed by atoms with van der Waals surface area (Å²) in [5.41, 5.74) is 2.66. The molecular formula is C34H38N4O4. The van der Waals surface area contributed by atoms with Crippen molar-refractivity contribution in [1.82, 2.24) is 20.6 Å². The highest BCUT2D eigenvalue weighted by Crippen LogP contribution is 2.23. The van der Waals surface area contributed by atoms with Crippen molar-refractivity contribution in [3.8, 4) is 0 Å². The molecule has 0 aliphatic heterocycles. The zero-order valence-electron chi connectivity index (χ0n) is 24.3. The van der Waals surface area contributed by atoms with Gasteiger partial charge in [0.25, 0.3) is 11.8 Å². The second-order valence-corrected chi connectivity index (χ2v) is 11.0. The van der Waals surface area contributed by atoms with Crippen LogP contribution in [-0.4, -0.2) is 34.9 Å². The van der Waals surface area contributed by atoms with E-state index in [4.69, 9.17) is 0 Å². The number of pyridine rings is 2. The number of nitrogens with one attached hydrogen (secondary N) is 4. The van der Waals surface area contributed by atoms with Gasteiger partial charge in [-0.3, -0.25) is 19.2 Å². The average Bonchev–Trinajstić information content (AvgIpc) is 3.00. The van der Waals surface area contributed by atoms with Crippen molar-refractivity contribution >= 4 is 55.4 Å². The van der Waals surface area contributed by atoms with Crippen LogP contribution >= 0.6 is 0 Å². The van der Waals surface area contributed by atoms with Crippen LogP contribution in [0.15, 0.2) is 58.1 Å². The molecule has 0 aliphatic carbocycles. The van der Waals surface area contributed by atoms with Crippen molar-refractivity contribution in [1.29, 1.82) is 0 Å². The van der Waals surface area contributed by atoms with Gasteiger partial charge in [-0.05, 0) is 61.4 Å². The van der Waals surface area contributed by atoms with Gasteiger partial charge in [-0.2, -0.15) is 0 Å². The van der Waals surface area contributed by atoms with E-state index >= 15 is 0 Å². The highest BCUT2D eigenvalue weighted by atomic mass is 16.2. The molecule has 218 valence electrons. The minimum Gasteiger partial charge on any atom is -0.354 e. The molecule has 5 rings (SSSR count). The highest BCUT2D eigenvalue weighted by Gasteiger charge is 2.14. The van der Waals surface area contributed by atoms with Gasteiger partial charge >= 0.3 is 0 Å². The third kappa shape index (κ3) is 6.08. The van der Waals surface area contributed by atoms with Gasteiger partial charge in [-0.25, -0.2) is 0 Å². The van der Waals surface area contributed by atoms with Crippen molar-refractivity contribution in [2.24, 2.45) is 0 Å². The number of benzene rings is 3. The fraction of sp³-hybridized carbons (Fsp3) is 0.353. The van der Waals surface area contributed by atoms with E-state index < -0.39 is 0 Å². The Morgan fingerprint density at radius 1 is 0.548 bits per heavy atom. The van der Waals surface area contributed by atoms with E-state index in [2.05, 4.69) is 34.4 Å². The Kier molecular flexibility index (Phi) is 9.00. The fourth-order valence-corrected chi connectivity index (χ4v) is 5.44. The van der Waals surface area contributed by atoms with Crippen LogP contribution < -0.4 is 21.5 Å². The third-order valence-electron chi connectivity index (χ3n) is 7.87. The summed E-state index contributed by atoms with van der Waals surface area (Å²) in [7, 11) is 0. The summed E-state index contributed by atoms with van der Waals surface area (Å²) < 4.78 is 0. The predicted molar refractivity (Wildman–Crippen MR) is 171 cm³/mol. The molecule has 0 spiro atoms. The molecule has 8 nitrogen and oxygen atoms in total. The number of unbranched alkanes of at least 4 members (excludes halogenated alkanes) is 6. The van der Waals surface area contributed by atoms with Crippen molar-refractivity contribution in [3.05, 3.63) is 80.1 Å². The van der Waals surface area contributed by atoms with Crippen LogP contribution in [0.1, 0.15) is 85.9 Å². The van der Waals surface area contributed by atoms with E-state index in [0.29, 0.717) is 67.8 Å². The van der Waals surface area contributed by atoms with Gasteiger partial charge in [-0.1, -0.05) is 52.4 Å². The standard InChI is InChI=1S/C34H38N4O4/c1-3-5-7-9-15-35-33(41)21-11-13-27-23(17-21)31(39)25-19-30-26(20-29(25)37-27)32(40)24-18-22(12-14-28(24)38-30)34(42)36-16-10-8-6-4-2/h11-14,17-20H,3-10,15-16H2,1-2H3,(H,35,41)(H,36,42)(H,37,39)(H,38,40). The topological polar surface area (TPSA) is 124 Å². The Bertz CT molecular complexity index is 1760. The second-order valence-electron chi connectivity index (χ2n) is 11.0. The van der Waals surface area contributed by atoms with Gasteiger partial charge in [0.05, 0.1) is 11.0 Å². The van der Waals surface area contributed by atoms with Crippen LogP contribution in [0.5, 0.6) is 0 Å². The van der Waals surface area contributed by atoms with Crippen molar-refractivity contribution < 1.29 is 9.59 Å². The molecule has 2 aromatic heterocycles. The predicted octanol–water partition coefficient (Wildman–Crippen LogP) is 6.30. The van der Waals surface area contributed by atoms with Gasteiger partial charge in [-0.15, -0.1) is 0 Å². The number of fused-ring (bicyclic) bond motifs is 4. The van der Waals surface area contributed by atoms with Gasteiger partial charge in [0, 0.05) is 56.8 Å². The lowest BCUT2D eigenvalue weighted by Crippen LogP contribution is -2.24. The molecule has 0 saturated carbocycles. The van der Waals surface area contributed by atoms with Crippen LogP contribution in [0.4, 0.5) is 0 Å². The van der Waals surface area contributed by atoms with Crippen LogP contribution in [0.3, 0.4) is 0 Å². The molecule has 0 bridgehead atoms. The molecule has 0 aliphatic rings. The van der Waals surface area contributed by atoms with E-state index in [0.717, 1.165) is 51.4 Å². The summed E-state index contributed by atoms with van der Waals surface area (Å²) in [4.78, 5) is 59.1. The van der Waals surface area contributed by atoms with Gasteiger partial charge in [0.15, 0.2) is 10.9 Å². The van der Waals surface area contributed by atoms with E-state index in [1.165, 1.54) is 0 Å². The number of hydrogen-bond acceptors (Lipinski definition) is 4. The summed E-state index contributed by atoms with van der Waals surface area (Å²) >= 11 is 0. The number of carbonyl (C=O) groups is 2. The molecule has 42 heavy (non-hydrogen) atoms. The van der Waals surface area contributed by atoms with Crippen molar-refractivity contribution in [2.75, 3.05) is 13.1 Å². The summed E-state index contributed by atoms with van der Waals surface area (Å²) in [5.74, 6) is -0.404. The molecule has 8 heteroatoms. The zero-order chi connectivity index (χ0) is 29.6. The minimum absolute atomic E-state index is 0.202. The van der Waals surface area contributed by atoms with Gasteiger partial charge < -0.3 is 20.6 Å². The maximum Gasteiger partial charge on any atom is 0.251 e. The average molecular weight is 567 g/mol. The van der Waals surface area contributed by atoms with Crippen LogP contribution in [0.25, 0.3) is 43.6 Å². The lowest BCUT2D eigenvalue weighted by atomic mass is 10.0. The summed E-state index contributed by atoms with van der Waals surface area (Å²) in [6, 6.07) is 13.5. The number of H-pyrrole nitrogens is 2. The first kappa shape index (κ1) is 29.0. The summed E-state index contributed by atoms with van der Waals surface area (Å²) in [5, 5.41) is 7.53. The number of carbonyl (C=O) groups excluding carboxylic acids is 2. The van der Waals surface area contributed by atoms with E-state index in [1.807, 2.05) is 0 Å². The number of amides is 2. The largest absolute Gasteiger partial charge is 0.354 e. The molecule has 0 fully saturated rings. The molecule has 5 aromatic rings. The summed E-state index contributed by atoms with van der Waals surface area (Å²) in [6.45, 7) is 5.49. The Labute approximate surface area is 243 Å². The van der Waals surface area contributed by atoms with Gasteiger partial charge in [0.1, 0.15) is 0 Å². The number of hydrogen-bond donors (Lipinski definition) is 4. The number of rotatable bonds is 12. The Morgan fingerprint density at radius 3 is 1.36 bits per heavy atom. The molecule has 0 atom stereocenters. The first-order chi connectivity index (χ1) is 20.4. The Hall–Kier alpha value is -4.46. The molecule has 0 saturated heterocycles. The molecule has 0 unspecified atom stereocenters. The summed E-state index contributed by atoms with van der Waals surface area (Å²) in [6.07, 6.45) is 8.53. The normalized spacial score (nSPS) is 11.5. The molecule has 3 aromatic carbocycles. The minimum atomic E-state index is -0.217. The smallest absolute Gasteiger partial charge is 0.251 e. The first-order valence-corrected chi connectivity index (χ1v) is 15.1. The van der Waals surface area contributed by atoms with Crippen LogP contribution in [-0.2, 0) is 0 Å². The monoisotopic (exact) mass is 566 g/mol. The number of aromatic nitrogens is 2. The number of aromatic amines is 2. The lowest BCUT2D eigenvalue weighted by Gasteiger charge is -2.09. The second kappa shape index (κ2) is 13.0. The maximum atomic E-state index is 13.6. The fourth-order valence-electron chi connectivity index (χ4n) is 5.44. The van der Waals surface area contributed by atoms with Gasteiger partial charge in [0.2, 0.25) is 0 Å². The molecular weight excluding hydrogens is 528 g/mol. The van der Waals surface area contributed by atoms with Crippen molar-refractivity contribution in [3.63, 3.8) is 0 Å². The quantitative estimate of drug-likeness (QED) is 0.105. The highest BCUT2D eigenvalue weighted by molar-refractivity contribution is 6.05. The molecule has 0 radical (unpaired) electrons. The first-order valence-electron chi connectivity index (χ1n) is 15.1. The zero-order valence-corrected chi connectivity index (χ0v) is 24.3. The molecule has 2 heterocycles. The van der Waals surface area contributed by atoms with Crippen molar-refractivity contribution in [2.45, 2.75) is 65.2 Å². The third-order valence-corrected chi connectivity index (χ3v) is 7.87. The van der Waals surface area contributed by atoms with E-state index in [9.17, 15) is 19.2 Å². The Balaban J connectivity index is 1.47. The van der Waals surface area contributed by atoms with E-state index in [1.54, 1.807) is 48.5 Å². The van der Waals surface area contributed by atoms with E-state index in [-0.39, 0.29) is 22.7 Å².